The van der Waals surface area contributed by atoms with E-state index in [1.165, 1.54) is 11.9 Å². The van der Waals surface area contributed by atoms with E-state index < -0.39 is 0 Å². The molecule has 4 aromatic heterocycles. The van der Waals surface area contributed by atoms with Gasteiger partial charge in [0, 0.05) is 30.5 Å². The summed E-state index contributed by atoms with van der Waals surface area (Å²) < 4.78 is 7.79. The number of anilines is 2. The second kappa shape index (κ2) is 8.77. The summed E-state index contributed by atoms with van der Waals surface area (Å²) in [5.41, 5.74) is 6.37. The van der Waals surface area contributed by atoms with Crippen molar-refractivity contribution < 1.29 is 4.74 Å². The number of ether oxygens (including phenoxy) is 1. The SMILES string of the molecule is Cc1cc(Nc2ncnc3ccc(C4=CCN[C@@H](C)C4)nc23)ccc1Oc1ccn2ncnc2c1. The lowest BCUT2D eigenvalue weighted by Crippen LogP contribution is -2.30. The highest BCUT2D eigenvalue weighted by Gasteiger charge is 2.15. The summed E-state index contributed by atoms with van der Waals surface area (Å²) in [6, 6.07) is 14.1. The van der Waals surface area contributed by atoms with Gasteiger partial charge in [-0.25, -0.2) is 24.5 Å². The quantitative estimate of drug-likeness (QED) is 0.387. The molecule has 0 saturated heterocycles. The fourth-order valence-electron chi connectivity index (χ4n) is 4.25. The first-order valence-corrected chi connectivity index (χ1v) is 11.5. The molecule has 0 saturated carbocycles. The summed E-state index contributed by atoms with van der Waals surface area (Å²) in [4.78, 5) is 18.0. The molecule has 35 heavy (non-hydrogen) atoms. The highest BCUT2D eigenvalue weighted by Crippen LogP contribution is 2.30. The molecule has 0 spiro atoms. The van der Waals surface area contributed by atoms with Crippen LogP contribution in [0.2, 0.25) is 0 Å². The van der Waals surface area contributed by atoms with Crippen LogP contribution in [0.1, 0.15) is 24.6 Å². The smallest absolute Gasteiger partial charge is 0.160 e. The van der Waals surface area contributed by atoms with Crippen LogP contribution in [-0.2, 0) is 0 Å². The largest absolute Gasteiger partial charge is 0.457 e. The number of nitrogens with zero attached hydrogens (tertiary/aromatic N) is 6. The minimum atomic E-state index is 0.430. The van der Waals surface area contributed by atoms with E-state index >= 15 is 0 Å². The van der Waals surface area contributed by atoms with E-state index in [4.69, 9.17) is 9.72 Å². The number of hydrogen-bond acceptors (Lipinski definition) is 8. The van der Waals surface area contributed by atoms with Crippen molar-refractivity contribution in [2.45, 2.75) is 26.3 Å². The van der Waals surface area contributed by atoms with Crippen LogP contribution in [-0.4, -0.2) is 42.1 Å². The van der Waals surface area contributed by atoms with E-state index in [0.29, 0.717) is 17.6 Å². The van der Waals surface area contributed by atoms with Crippen LogP contribution in [0.15, 0.2) is 67.4 Å². The van der Waals surface area contributed by atoms with Gasteiger partial charge in [-0.15, -0.1) is 0 Å². The molecule has 0 aliphatic carbocycles. The van der Waals surface area contributed by atoms with Gasteiger partial charge in [-0.2, -0.15) is 5.10 Å². The first-order valence-electron chi connectivity index (χ1n) is 11.5. The van der Waals surface area contributed by atoms with Gasteiger partial charge in [-0.3, -0.25) is 0 Å². The molecule has 1 aliphatic heterocycles. The van der Waals surface area contributed by atoms with Gasteiger partial charge in [0.2, 0.25) is 0 Å². The molecule has 1 aromatic carbocycles. The van der Waals surface area contributed by atoms with Crippen molar-refractivity contribution in [1.29, 1.82) is 0 Å². The zero-order valence-electron chi connectivity index (χ0n) is 19.4. The second-order valence-electron chi connectivity index (χ2n) is 8.66. The zero-order chi connectivity index (χ0) is 23.8. The van der Waals surface area contributed by atoms with Gasteiger partial charge in [0.05, 0.1) is 11.2 Å². The Hall–Kier alpha value is -4.37. The van der Waals surface area contributed by atoms with E-state index in [9.17, 15) is 0 Å². The van der Waals surface area contributed by atoms with E-state index in [-0.39, 0.29) is 0 Å². The summed E-state index contributed by atoms with van der Waals surface area (Å²) in [6.45, 7) is 5.05. The molecule has 5 heterocycles. The number of fused-ring (bicyclic) bond motifs is 2. The number of aryl methyl sites for hydroxylation is 1. The monoisotopic (exact) mass is 464 g/mol. The Bertz CT molecular complexity index is 1570. The maximum atomic E-state index is 6.10. The Morgan fingerprint density at radius 2 is 2.00 bits per heavy atom. The van der Waals surface area contributed by atoms with Crippen molar-refractivity contribution in [2.75, 3.05) is 11.9 Å². The second-order valence-corrected chi connectivity index (χ2v) is 8.66. The zero-order valence-corrected chi connectivity index (χ0v) is 19.4. The fraction of sp³-hybridized carbons (Fsp3) is 0.192. The highest BCUT2D eigenvalue weighted by molar-refractivity contribution is 5.88. The molecular formula is C26H24N8O. The number of nitrogens with one attached hydrogen (secondary N) is 2. The summed E-state index contributed by atoms with van der Waals surface area (Å²) in [5.74, 6) is 2.14. The average Bonchev–Trinajstić information content (AvgIpc) is 3.34. The van der Waals surface area contributed by atoms with Crippen LogP contribution in [0.4, 0.5) is 11.5 Å². The van der Waals surface area contributed by atoms with E-state index in [1.807, 2.05) is 55.6 Å². The van der Waals surface area contributed by atoms with E-state index in [0.717, 1.165) is 52.3 Å². The molecule has 9 heteroatoms. The van der Waals surface area contributed by atoms with Gasteiger partial charge >= 0.3 is 0 Å². The lowest BCUT2D eigenvalue weighted by molar-refractivity contribution is 0.478. The van der Waals surface area contributed by atoms with Crippen molar-refractivity contribution in [2.24, 2.45) is 0 Å². The Labute approximate surface area is 201 Å². The molecule has 1 aliphatic rings. The van der Waals surface area contributed by atoms with Crippen molar-refractivity contribution in [1.82, 2.24) is 34.9 Å². The van der Waals surface area contributed by atoms with E-state index in [1.54, 1.807) is 10.8 Å². The van der Waals surface area contributed by atoms with Gasteiger partial charge in [0.15, 0.2) is 11.5 Å². The van der Waals surface area contributed by atoms with Crippen molar-refractivity contribution in [3.8, 4) is 11.5 Å². The van der Waals surface area contributed by atoms with Crippen LogP contribution in [0, 0.1) is 6.92 Å². The molecule has 0 amide bonds. The molecule has 2 N–H and O–H groups in total. The molecule has 6 rings (SSSR count). The van der Waals surface area contributed by atoms with Crippen molar-refractivity contribution in [3.05, 3.63) is 78.6 Å². The molecule has 5 aromatic rings. The van der Waals surface area contributed by atoms with Gasteiger partial charge in [0.25, 0.3) is 0 Å². The summed E-state index contributed by atoms with van der Waals surface area (Å²) in [6.07, 6.45) is 8.05. The van der Waals surface area contributed by atoms with Crippen LogP contribution < -0.4 is 15.4 Å². The number of aromatic nitrogens is 6. The topological polar surface area (TPSA) is 102 Å². The standard InChI is InChI=1S/C26H24N8O/c1-16-11-19(3-6-23(16)35-20-8-10-34-24(13-20)29-15-31-34)32-26-25-22(28-14-30-26)5-4-21(33-25)18-7-9-27-17(2)12-18/h3-8,10-11,13-15,17,27H,9,12H2,1-2H3,(H,28,30,32)/t17-/m0/s1. The van der Waals surface area contributed by atoms with Gasteiger partial charge < -0.3 is 15.4 Å². The predicted molar refractivity (Wildman–Crippen MR) is 135 cm³/mol. The Morgan fingerprint density at radius 1 is 1.06 bits per heavy atom. The first kappa shape index (κ1) is 21.2. The average molecular weight is 465 g/mol. The molecule has 0 fully saturated rings. The molecule has 9 nitrogen and oxygen atoms in total. The molecule has 0 unspecified atom stereocenters. The van der Waals surface area contributed by atoms with Crippen molar-refractivity contribution >= 4 is 33.8 Å². The Kier molecular flexibility index (Phi) is 5.31. The summed E-state index contributed by atoms with van der Waals surface area (Å²) in [7, 11) is 0. The molecule has 0 radical (unpaired) electrons. The fourth-order valence-corrected chi connectivity index (χ4v) is 4.25. The number of pyridine rings is 2. The maximum Gasteiger partial charge on any atom is 0.160 e. The molecular weight excluding hydrogens is 440 g/mol. The normalized spacial score (nSPS) is 15.8. The minimum Gasteiger partial charge on any atom is -0.457 e. The Balaban J connectivity index is 1.27. The van der Waals surface area contributed by atoms with Crippen LogP contribution in [0.25, 0.3) is 22.3 Å². The molecule has 0 bridgehead atoms. The lowest BCUT2D eigenvalue weighted by atomic mass is 10.00. The lowest BCUT2D eigenvalue weighted by Gasteiger charge is -2.20. The van der Waals surface area contributed by atoms with Gasteiger partial charge in [-0.05, 0) is 67.8 Å². The third-order valence-corrected chi connectivity index (χ3v) is 6.07. The third kappa shape index (κ3) is 4.29. The molecule has 174 valence electrons. The molecule has 1 atom stereocenters. The van der Waals surface area contributed by atoms with E-state index in [2.05, 4.69) is 43.7 Å². The van der Waals surface area contributed by atoms with Gasteiger partial charge in [0.1, 0.15) is 29.7 Å². The highest BCUT2D eigenvalue weighted by atomic mass is 16.5. The number of rotatable bonds is 5. The number of benzene rings is 1. The number of hydrogen-bond donors (Lipinski definition) is 2. The van der Waals surface area contributed by atoms with Crippen LogP contribution >= 0.6 is 0 Å². The third-order valence-electron chi connectivity index (χ3n) is 6.07. The Morgan fingerprint density at radius 3 is 2.89 bits per heavy atom. The summed E-state index contributed by atoms with van der Waals surface area (Å²) >= 11 is 0. The van der Waals surface area contributed by atoms with Crippen molar-refractivity contribution in [3.63, 3.8) is 0 Å². The minimum absolute atomic E-state index is 0.430. The maximum absolute atomic E-state index is 6.10. The van der Waals surface area contributed by atoms with Crippen LogP contribution in [0.5, 0.6) is 11.5 Å². The first-order chi connectivity index (χ1) is 17.1. The summed E-state index contributed by atoms with van der Waals surface area (Å²) in [5, 5.41) is 11.0. The van der Waals surface area contributed by atoms with Crippen LogP contribution in [0.3, 0.4) is 0 Å². The predicted octanol–water partition coefficient (Wildman–Crippen LogP) is 4.68. The van der Waals surface area contributed by atoms with Gasteiger partial charge in [-0.1, -0.05) is 6.08 Å².